The van der Waals surface area contributed by atoms with Crippen LogP contribution in [-0.4, -0.2) is 33.6 Å². The minimum absolute atomic E-state index is 0.0813. The molecular formula is C31H39Cl3N2O2. The number of allylic oxidation sites excluding steroid dienone is 15. The van der Waals surface area contributed by atoms with Crippen LogP contribution >= 0.6 is 34.8 Å². The number of aliphatic hydroxyl groups is 2. The lowest BCUT2D eigenvalue weighted by atomic mass is 9.87. The lowest BCUT2D eigenvalue weighted by Crippen LogP contribution is -2.15. The van der Waals surface area contributed by atoms with Crippen molar-refractivity contribution < 1.29 is 10.2 Å². The molecule has 2 aliphatic carbocycles. The van der Waals surface area contributed by atoms with Crippen LogP contribution < -0.4 is 0 Å². The van der Waals surface area contributed by atoms with Gasteiger partial charge in [0.05, 0.1) is 0 Å². The number of aromatic nitrogens is 2. The van der Waals surface area contributed by atoms with Crippen molar-refractivity contribution in [2.45, 2.75) is 25.7 Å². The van der Waals surface area contributed by atoms with E-state index < -0.39 is 0 Å². The third-order valence-electron chi connectivity index (χ3n) is 4.99. The van der Waals surface area contributed by atoms with Gasteiger partial charge in [0.1, 0.15) is 0 Å². The predicted octanol–water partition coefficient (Wildman–Crippen LogP) is 8.69. The van der Waals surface area contributed by atoms with E-state index in [9.17, 15) is 5.11 Å². The van der Waals surface area contributed by atoms with Crippen LogP contribution in [0.4, 0.5) is 0 Å². The van der Waals surface area contributed by atoms with Gasteiger partial charge in [-0.25, -0.2) is 0 Å². The summed E-state index contributed by atoms with van der Waals surface area (Å²) in [5.74, 6) is 0.368. The molecule has 0 bridgehead atoms. The molecule has 7 heteroatoms. The molecule has 0 amide bonds. The summed E-state index contributed by atoms with van der Waals surface area (Å²) in [5, 5.41) is 25.4. The molecule has 2 aliphatic rings. The van der Waals surface area contributed by atoms with Gasteiger partial charge in [-0.2, -0.15) is 5.10 Å². The Labute approximate surface area is 243 Å². The van der Waals surface area contributed by atoms with Gasteiger partial charge in [-0.05, 0) is 55.4 Å². The molecule has 1 aromatic rings. The lowest BCUT2D eigenvalue weighted by molar-refractivity contribution is 0.225. The van der Waals surface area contributed by atoms with Crippen molar-refractivity contribution in [1.29, 1.82) is 0 Å². The molecule has 1 heterocycles. The molecular weight excluding hydrogens is 539 g/mol. The molecule has 0 radical (unpaired) electrons. The lowest BCUT2D eigenvalue weighted by Gasteiger charge is -2.20. The normalized spacial score (nSPS) is 17.4. The highest BCUT2D eigenvalue weighted by molar-refractivity contribution is 6.31. The Hall–Kier alpha value is -2.60. The first-order valence-corrected chi connectivity index (χ1v) is 13.5. The van der Waals surface area contributed by atoms with Crippen molar-refractivity contribution in [2.24, 2.45) is 11.8 Å². The fraction of sp³-hybridized carbons (Fsp3) is 0.258. The third-order valence-corrected chi connectivity index (χ3v) is 5.70. The van der Waals surface area contributed by atoms with E-state index in [2.05, 4.69) is 47.7 Å². The summed E-state index contributed by atoms with van der Waals surface area (Å²) in [7, 11) is 0. The zero-order chi connectivity index (χ0) is 28.3. The van der Waals surface area contributed by atoms with E-state index >= 15 is 0 Å². The number of nitrogens with zero attached hydrogens (tertiary/aromatic N) is 1. The molecule has 0 spiro atoms. The molecule has 2 unspecified atom stereocenters. The van der Waals surface area contributed by atoms with Crippen molar-refractivity contribution in [1.82, 2.24) is 10.2 Å². The standard InChI is InChI=1S/C14H16Cl2O.C8H11ClO.C6H8.C3H4N2/c1-2-13(15)5-3-4-12(10-17)11-6-8-14(16)9-7-11;1-2-8(5-7-10)4-3-6-9;1-2-4-6-5-3-1;1-2-4-5-3-1/h2-6,8-9,11-12,17H,1,7,10H2;2-4,6,10H,1,5,7H2;1-4H,5-6H2;1-3H,(H,4,5)/b4-3+,13-5+;6-3+,8-4+;;. The quantitative estimate of drug-likeness (QED) is 0.257. The van der Waals surface area contributed by atoms with Crippen molar-refractivity contribution in [3.8, 4) is 0 Å². The Bertz CT molecular complexity index is 956. The van der Waals surface area contributed by atoms with Crippen LogP contribution in [0.25, 0.3) is 0 Å². The van der Waals surface area contributed by atoms with Crippen LogP contribution in [0.5, 0.6) is 0 Å². The van der Waals surface area contributed by atoms with Gasteiger partial charge in [-0.15, -0.1) is 0 Å². The van der Waals surface area contributed by atoms with Gasteiger partial charge in [0.2, 0.25) is 0 Å². The van der Waals surface area contributed by atoms with E-state index in [0.717, 1.165) is 17.0 Å². The van der Waals surface area contributed by atoms with E-state index in [4.69, 9.17) is 39.9 Å². The van der Waals surface area contributed by atoms with Crippen molar-refractivity contribution in [3.63, 3.8) is 0 Å². The summed E-state index contributed by atoms with van der Waals surface area (Å²) in [4.78, 5) is 0. The number of halogens is 3. The average molecular weight is 578 g/mol. The molecule has 3 N–H and O–H groups in total. The van der Waals surface area contributed by atoms with Gasteiger partial charge in [-0.3, -0.25) is 5.10 Å². The zero-order valence-corrected chi connectivity index (χ0v) is 23.9. The first kappa shape index (κ1) is 35.4. The van der Waals surface area contributed by atoms with Crippen molar-refractivity contribution in [2.75, 3.05) is 13.2 Å². The van der Waals surface area contributed by atoms with Crippen LogP contribution in [0.3, 0.4) is 0 Å². The summed E-state index contributed by atoms with van der Waals surface area (Å²) < 4.78 is 0. The second kappa shape index (κ2) is 26.0. The number of hydrogen-bond donors (Lipinski definition) is 3. The molecule has 1 aromatic heterocycles. The highest BCUT2D eigenvalue weighted by atomic mass is 35.5. The van der Waals surface area contributed by atoms with Gasteiger partial charge < -0.3 is 10.2 Å². The molecule has 0 aromatic carbocycles. The first-order valence-electron chi connectivity index (χ1n) is 12.3. The number of hydrogen-bond acceptors (Lipinski definition) is 3. The Balaban J connectivity index is 0.000000544. The summed E-state index contributed by atoms with van der Waals surface area (Å²) in [6, 6.07) is 1.83. The van der Waals surface area contributed by atoms with Gasteiger partial charge >= 0.3 is 0 Å². The van der Waals surface area contributed by atoms with E-state index in [-0.39, 0.29) is 25.0 Å². The average Bonchev–Trinajstić information content (AvgIpc) is 3.56. The maximum atomic E-state index is 9.35. The number of aliphatic hydroxyl groups excluding tert-OH is 2. The fourth-order valence-corrected chi connectivity index (χ4v) is 3.23. The number of nitrogens with one attached hydrogen (secondary N) is 1. The van der Waals surface area contributed by atoms with Crippen molar-refractivity contribution in [3.05, 3.63) is 138 Å². The van der Waals surface area contributed by atoms with Crippen molar-refractivity contribution >= 4 is 34.8 Å². The zero-order valence-electron chi connectivity index (χ0n) is 21.7. The molecule has 3 rings (SSSR count). The van der Waals surface area contributed by atoms with Gasteiger partial charge in [0.15, 0.2) is 0 Å². The first-order chi connectivity index (χ1) is 18.5. The highest BCUT2D eigenvalue weighted by Crippen LogP contribution is 2.26. The largest absolute Gasteiger partial charge is 0.396 e. The third kappa shape index (κ3) is 20.5. The van der Waals surface area contributed by atoms with Crippen LogP contribution in [0.1, 0.15) is 25.7 Å². The molecule has 0 fully saturated rings. The predicted molar refractivity (Wildman–Crippen MR) is 166 cm³/mol. The summed E-state index contributed by atoms with van der Waals surface area (Å²) >= 11 is 16.9. The number of H-pyrrole nitrogens is 1. The number of aromatic amines is 1. The second-order valence-corrected chi connectivity index (χ2v) is 8.90. The Morgan fingerprint density at radius 2 is 1.87 bits per heavy atom. The SMILES string of the molecule is C1=CCCC=C1.C=C/C(=C\C=C\Cl)CCO.C=C/C(Cl)=C\C=C\C(CO)C1C=CC(Cl)=CC1.c1cn[nH]c1. The van der Waals surface area contributed by atoms with Crippen LogP contribution in [0.15, 0.2) is 138 Å². The van der Waals surface area contributed by atoms with Gasteiger partial charge in [0.25, 0.3) is 0 Å². The fourth-order valence-electron chi connectivity index (χ4n) is 2.93. The summed E-state index contributed by atoms with van der Waals surface area (Å²) in [5.41, 5.74) is 2.40. The van der Waals surface area contributed by atoms with Crippen LogP contribution in [-0.2, 0) is 0 Å². The minimum atomic E-state index is 0.0813. The molecule has 206 valence electrons. The Kier molecular flexibility index (Phi) is 24.2. The van der Waals surface area contributed by atoms with E-state index in [1.54, 1.807) is 36.7 Å². The smallest absolute Gasteiger partial charge is 0.0499 e. The van der Waals surface area contributed by atoms with E-state index in [1.807, 2.05) is 42.5 Å². The number of rotatable bonds is 9. The molecule has 0 saturated heterocycles. The van der Waals surface area contributed by atoms with E-state index in [0.29, 0.717) is 11.5 Å². The second-order valence-electron chi connectivity index (χ2n) is 7.77. The molecule has 0 aliphatic heterocycles. The summed E-state index contributed by atoms with van der Waals surface area (Å²) in [6.45, 7) is 7.39. The Morgan fingerprint density at radius 3 is 2.26 bits per heavy atom. The van der Waals surface area contributed by atoms with Crippen LogP contribution in [0.2, 0.25) is 0 Å². The van der Waals surface area contributed by atoms with Gasteiger partial charge in [-0.1, -0.05) is 121 Å². The molecule has 38 heavy (non-hydrogen) atoms. The van der Waals surface area contributed by atoms with E-state index in [1.165, 1.54) is 18.4 Å². The highest BCUT2D eigenvalue weighted by Gasteiger charge is 2.16. The monoisotopic (exact) mass is 576 g/mol. The Morgan fingerprint density at radius 1 is 1.13 bits per heavy atom. The topological polar surface area (TPSA) is 69.1 Å². The minimum Gasteiger partial charge on any atom is -0.396 e. The van der Waals surface area contributed by atoms with Crippen LogP contribution in [0, 0.1) is 11.8 Å². The van der Waals surface area contributed by atoms with Gasteiger partial charge in [0, 0.05) is 47.1 Å². The maximum absolute atomic E-state index is 9.35. The molecule has 0 saturated carbocycles. The molecule has 4 nitrogen and oxygen atoms in total. The summed E-state index contributed by atoms with van der Waals surface area (Å²) in [6.07, 6.45) is 34.2. The maximum Gasteiger partial charge on any atom is 0.0499 e. The molecule has 2 atom stereocenters.